The first kappa shape index (κ1) is 15.4. The van der Waals surface area contributed by atoms with Gasteiger partial charge in [-0.2, -0.15) is 0 Å². The first-order chi connectivity index (χ1) is 7.95. The minimum absolute atomic E-state index is 0. The molecular formula is C13H11NaO3S. The van der Waals surface area contributed by atoms with Gasteiger partial charge in [-0.1, -0.05) is 43.0 Å². The summed E-state index contributed by atoms with van der Waals surface area (Å²) in [5.41, 5.74) is 1.12. The summed E-state index contributed by atoms with van der Waals surface area (Å²) in [6, 6.07) is 8.77. The van der Waals surface area contributed by atoms with Crippen LogP contribution < -0.4 is 29.6 Å². The minimum atomic E-state index is -4.52. The van der Waals surface area contributed by atoms with Gasteiger partial charge in [0.25, 0.3) is 0 Å². The van der Waals surface area contributed by atoms with Gasteiger partial charge in [-0.05, 0) is 28.8 Å². The van der Waals surface area contributed by atoms with Crippen LogP contribution in [0, 0.1) is 6.92 Å². The summed E-state index contributed by atoms with van der Waals surface area (Å²) < 4.78 is 34.1. The van der Waals surface area contributed by atoms with Gasteiger partial charge in [-0.3, -0.25) is 0 Å². The molecule has 0 aliphatic rings. The Kier molecular flexibility index (Phi) is 4.75. The molecule has 0 saturated carbocycles. The van der Waals surface area contributed by atoms with Crippen LogP contribution in [-0.2, 0) is 10.1 Å². The fourth-order valence-electron chi connectivity index (χ4n) is 1.99. The van der Waals surface area contributed by atoms with Crippen molar-refractivity contribution in [3.05, 3.63) is 48.0 Å². The fraction of sp³-hybridized carbons (Fsp3) is 0.0769. The maximum absolute atomic E-state index is 11.4. The van der Waals surface area contributed by atoms with E-state index >= 15 is 0 Å². The van der Waals surface area contributed by atoms with Crippen molar-refractivity contribution in [2.45, 2.75) is 11.8 Å². The van der Waals surface area contributed by atoms with Gasteiger partial charge in [-0.15, -0.1) is 0 Å². The van der Waals surface area contributed by atoms with Crippen LogP contribution in [0.3, 0.4) is 0 Å². The first-order valence-electron chi connectivity index (χ1n) is 5.06. The molecule has 5 heteroatoms. The monoisotopic (exact) mass is 270 g/mol. The third-order valence-corrected chi connectivity index (χ3v) is 3.64. The van der Waals surface area contributed by atoms with Gasteiger partial charge in [0, 0.05) is 0 Å². The molecule has 0 aliphatic carbocycles. The second-order valence-corrected chi connectivity index (χ2v) is 5.13. The Morgan fingerprint density at radius 2 is 1.89 bits per heavy atom. The van der Waals surface area contributed by atoms with Crippen LogP contribution >= 0.6 is 0 Å². The second kappa shape index (κ2) is 5.55. The maximum Gasteiger partial charge on any atom is 1.00 e. The molecule has 0 atom stereocenters. The number of hydrogen-bond acceptors (Lipinski definition) is 3. The number of aryl methyl sites for hydroxylation is 1. The molecule has 0 N–H and O–H groups in total. The van der Waals surface area contributed by atoms with Crippen molar-refractivity contribution in [1.82, 2.24) is 0 Å². The van der Waals surface area contributed by atoms with Crippen molar-refractivity contribution in [2.75, 3.05) is 0 Å². The van der Waals surface area contributed by atoms with E-state index < -0.39 is 10.1 Å². The third kappa shape index (κ3) is 2.68. The Morgan fingerprint density at radius 1 is 1.28 bits per heavy atom. The average Bonchev–Trinajstić information content (AvgIpc) is 2.25. The van der Waals surface area contributed by atoms with E-state index in [-0.39, 0.29) is 34.5 Å². The molecule has 0 bridgehead atoms. The number of benzene rings is 2. The Labute approximate surface area is 129 Å². The zero-order chi connectivity index (χ0) is 12.6. The molecule has 2 aromatic rings. The average molecular weight is 270 g/mol. The molecule has 18 heavy (non-hydrogen) atoms. The molecule has 88 valence electrons. The molecular weight excluding hydrogens is 259 g/mol. The van der Waals surface area contributed by atoms with Crippen molar-refractivity contribution < 1.29 is 42.5 Å². The van der Waals surface area contributed by atoms with Crippen LogP contribution in [0.1, 0.15) is 11.1 Å². The van der Waals surface area contributed by atoms with E-state index in [4.69, 9.17) is 0 Å². The quantitative estimate of drug-likeness (QED) is 0.556. The SMILES string of the molecule is C=Cc1c(C)cc2ccccc2c1S(=O)(=O)[O-].[Na+]. The maximum atomic E-state index is 11.4. The van der Waals surface area contributed by atoms with Crippen molar-refractivity contribution in [3.8, 4) is 0 Å². The molecule has 2 rings (SSSR count). The Morgan fingerprint density at radius 3 is 2.44 bits per heavy atom. The Balaban J connectivity index is 0.00000162. The molecule has 3 nitrogen and oxygen atoms in total. The summed E-state index contributed by atoms with van der Waals surface area (Å²) >= 11 is 0. The summed E-state index contributed by atoms with van der Waals surface area (Å²) in [7, 11) is -4.52. The summed E-state index contributed by atoms with van der Waals surface area (Å²) in [4.78, 5) is -0.178. The van der Waals surface area contributed by atoms with E-state index in [0.717, 1.165) is 10.9 Å². The van der Waals surface area contributed by atoms with Gasteiger partial charge in [0.15, 0.2) is 0 Å². The molecule has 0 aliphatic heterocycles. The zero-order valence-corrected chi connectivity index (χ0v) is 13.1. The van der Waals surface area contributed by atoms with E-state index in [1.807, 2.05) is 6.07 Å². The van der Waals surface area contributed by atoms with Crippen LogP contribution in [0.25, 0.3) is 16.8 Å². The topological polar surface area (TPSA) is 57.2 Å². The van der Waals surface area contributed by atoms with E-state index in [9.17, 15) is 13.0 Å². The van der Waals surface area contributed by atoms with E-state index in [1.54, 1.807) is 31.2 Å². The van der Waals surface area contributed by atoms with E-state index in [2.05, 4.69) is 6.58 Å². The van der Waals surface area contributed by atoms with Crippen molar-refractivity contribution in [1.29, 1.82) is 0 Å². The molecule has 0 amide bonds. The van der Waals surface area contributed by atoms with Gasteiger partial charge >= 0.3 is 29.6 Å². The predicted octanol–water partition coefficient (Wildman–Crippen LogP) is -0.301. The second-order valence-electron chi connectivity index (χ2n) is 3.82. The van der Waals surface area contributed by atoms with E-state index in [0.29, 0.717) is 10.9 Å². The molecule has 0 fully saturated rings. The van der Waals surface area contributed by atoms with Crippen LogP contribution in [0.2, 0.25) is 0 Å². The Hall–Kier alpha value is -0.650. The molecule has 0 unspecified atom stereocenters. The van der Waals surface area contributed by atoms with Crippen LogP contribution in [0.4, 0.5) is 0 Å². The van der Waals surface area contributed by atoms with Gasteiger partial charge in [-0.25, -0.2) is 8.42 Å². The van der Waals surface area contributed by atoms with Crippen molar-refractivity contribution in [2.24, 2.45) is 0 Å². The molecule has 0 spiro atoms. The Bertz CT molecular complexity index is 705. The standard InChI is InChI=1S/C13H12O3S.Na/c1-3-11-9(2)8-10-6-4-5-7-12(10)13(11)17(14,15)16;/h3-8H,1H2,2H3,(H,14,15,16);/q;+1/p-1. The molecule has 0 heterocycles. The van der Waals surface area contributed by atoms with Crippen LogP contribution in [-0.4, -0.2) is 13.0 Å². The van der Waals surface area contributed by atoms with Gasteiger partial charge in [0.2, 0.25) is 0 Å². The van der Waals surface area contributed by atoms with E-state index in [1.165, 1.54) is 6.08 Å². The summed E-state index contributed by atoms with van der Waals surface area (Å²) in [5, 5.41) is 1.19. The molecule has 0 radical (unpaired) electrons. The molecule has 0 aromatic heterocycles. The number of fused-ring (bicyclic) bond motifs is 1. The largest absolute Gasteiger partial charge is 1.00 e. The van der Waals surface area contributed by atoms with Crippen LogP contribution in [0.5, 0.6) is 0 Å². The smallest absolute Gasteiger partial charge is 0.744 e. The number of hydrogen-bond donors (Lipinski definition) is 0. The number of rotatable bonds is 2. The van der Waals surface area contributed by atoms with Gasteiger partial charge in [0.1, 0.15) is 10.1 Å². The molecule has 0 saturated heterocycles. The van der Waals surface area contributed by atoms with Gasteiger partial charge < -0.3 is 4.55 Å². The summed E-state index contributed by atoms with van der Waals surface area (Å²) in [6.45, 7) is 5.33. The third-order valence-electron chi connectivity index (χ3n) is 2.70. The van der Waals surface area contributed by atoms with Crippen molar-refractivity contribution >= 4 is 27.0 Å². The van der Waals surface area contributed by atoms with Gasteiger partial charge in [0.05, 0.1) is 4.90 Å². The minimum Gasteiger partial charge on any atom is -0.744 e. The zero-order valence-electron chi connectivity index (χ0n) is 10.3. The predicted molar refractivity (Wildman–Crippen MR) is 66.7 cm³/mol. The first-order valence-corrected chi connectivity index (χ1v) is 6.46. The fourth-order valence-corrected chi connectivity index (χ4v) is 2.96. The summed E-state index contributed by atoms with van der Waals surface area (Å²) in [5.74, 6) is 0. The normalized spacial score (nSPS) is 11.0. The summed E-state index contributed by atoms with van der Waals surface area (Å²) in [6.07, 6.45) is 1.41. The van der Waals surface area contributed by atoms with Crippen molar-refractivity contribution in [3.63, 3.8) is 0 Å². The molecule has 2 aromatic carbocycles. The van der Waals surface area contributed by atoms with Crippen LogP contribution in [0.15, 0.2) is 41.8 Å².